The van der Waals surface area contributed by atoms with Gasteiger partial charge in [0.1, 0.15) is 28.0 Å². The molecule has 2 heterocycles. The molecule has 2 aromatic heterocycles. The molecular formula is C20H14F2N2O2S. The van der Waals surface area contributed by atoms with E-state index in [1.807, 2.05) is 30.5 Å². The summed E-state index contributed by atoms with van der Waals surface area (Å²) < 4.78 is 33.4. The van der Waals surface area contributed by atoms with Crippen LogP contribution in [0.1, 0.15) is 5.56 Å². The first-order valence-electron chi connectivity index (χ1n) is 8.10. The highest BCUT2D eigenvalue weighted by atomic mass is 32.1. The molecule has 27 heavy (non-hydrogen) atoms. The molecule has 0 amide bonds. The van der Waals surface area contributed by atoms with Gasteiger partial charge in [-0.15, -0.1) is 11.3 Å². The first-order valence-corrected chi connectivity index (χ1v) is 8.98. The van der Waals surface area contributed by atoms with Crippen molar-refractivity contribution in [2.75, 3.05) is 7.11 Å². The van der Waals surface area contributed by atoms with Gasteiger partial charge in [0.25, 0.3) is 5.56 Å². The molecule has 0 aliphatic heterocycles. The van der Waals surface area contributed by atoms with Crippen LogP contribution in [0.15, 0.2) is 46.6 Å². The third-order valence-electron chi connectivity index (χ3n) is 4.35. The SMILES string of the molecule is COc1ccc(-c2csc3nc(-c4c(F)cccc4F)[nH]c(=O)c23)cc1C. The molecule has 0 atom stereocenters. The second-order valence-corrected chi connectivity index (χ2v) is 6.88. The van der Waals surface area contributed by atoms with E-state index in [4.69, 9.17) is 4.74 Å². The largest absolute Gasteiger partial charge is 0.496 e. The van der Waals surface area contributed by atoms with Crippen molar-refractivity contribution in [3.05, 3.63) is 69.3 Å². The molecule has 0 aliphatic rings. The van der Waals surface area contributed by atoms with E-state index < -0.39 is 17.2 Å². The molecule has 1 N–H and O–H groups in total. The van der Waals surface area contributed by atoms with Gasteiger partial charge in [-0.3, -0.25) is 4.79 Å². The zero-order valence-corrected chi connectivity index (χ0v) is 15.3. The Morgan fingerprint density at radius 2 is 1.89 bits per heavy atom. The maximum absolute atomic E-state index is 14.0. The maximum atomic E-state index is 14.0. The summed E-state index contributed by atoms with van der Waals surface area (Å²) in [6.07, 6.45) is 0. The van der Waals surface area contributed by atoms with Gasteiger partial charge in [-0.2, -0.15) is 0 Å². The number of H-pyrrole nitrogens is 1. The lowest BCUT2D eigenvalue weighted by molar-refractivity contribution is 0.412. The Balaban J connectivity index is 1.91. The van der Waals surface area contributed by atoms with Crippen LogP contribution < -0.4 is 10.3 Å². The van der Waals surface area contributed by atoms with Crippen LogP contribution in [0, 0.1) is 18.6 Å². The second-order valence-electron chi connectivity index (χ2n) is 6.03. The number of aryl methyl sites for hydroxylation is 1. The molecule has 136 valence electrons. The minimum Gasteiger partial charge on any atom is -0.496 e. The Kier molecular flexibility index (Phi) is 4.24. The van der Waals surface area contributed by atoms with Gasteiger partial charge in [0.15, 0.2) is 0 Å². The van der Waals surface area contributed by atoms with Crippen molar-refractivity contribution in [2.24, 2.45) is 0 Å². The van der Waals surface area contributed by atoms with E-state index in [1.165, 1.54) is 17.4 Å². The molecule has 4 rings (SSSR count). The smallest absolute Gasteiger partial charge is 0.260 e. The number of ether oxygens (including phenoxy) is 1. The predicted octanol–water partition coefficient (Wildman–Crippen LogP) is 4.91. The van der Waals surface area contributed by atoms with E-state index in [0.29, 0.717) is 10.2 Å². The molecule has 0 aliphatic carbocycles. The maximum Gasteiger partial charge on any atom is 0.260 e. The first kappa shape index (κ1) is 17.4. The van der Waals surface area contributed by atoms with Crippen LogP contribution in [-0.4, -0.2) is 17.1 Å². The minimum atomic E-state index is -0.778. The Bertz CT molecular complexity index is 1210. The topological polar surface area (TPSA) is 55.0 Å². The predicted molar refractivity (Wildman–Crippen MR) is 102 cm³/mol. The number of methoxy groups -OCH3 is 1. The summed E-state index contributed by atoms with van der Waals surface area (Å²) in [6, 6.07) is 9.13. The summed E-state index contributed by atoms with van der Waals surface area (Å²) in [7, 11) is 1.60. The van der Waals surface area contributed by atoms with Crippen molar-refractivity contribution in [2.45, 2.75) is 6.92 Å². The number of aromatic amines is 1. The van der Waals surface area contributed by atoms with Crippen molar-refractivity contribution in [1.82, 2.24) is 9.97 Å². The second kappa shape index (κ2) is 6.59. The number of halogens is 2. The van der Waals surface area contributed by atoms with Crippen molar-refractivity contribution in [3.63, 3.8) is 0 Å². The summed E-state index contributed by atoms with van der Waals surface area (Å²) in [5, 5.41) is 2.21. The van der Waals surface area contributed by atoms with E-state index in [0.717, 1.165) is 34.6 Å². The highest BCUT2D eigenvalue weighted by molar-refractivity contribution is 7.17. The number of nitrogens with one attached hydrogen (secondary N) is 1. The number of benzene rings is 2. The molecule has 0 unspecified atom stereocenters. The van der Waals surface area contributed by atoms with E-state index >= 15 is 0 Å². The average molecular weight is 384 g/mol. The Hall–Kier alpha value is -3.06. The van der Waals surface area contributed by atoms with Crippen molar-refractivity contribution in [1.29, 1.82) is 0 Å². The summed E-state index contributed by atoms with van der Waals surface area (Å²) in [5.41, 5.74) is 1.71. The van der Waals surface area contributed by atoms with E-state index in [9.17, 15) is 13.6 Å². The number of hydrogen-bond donors (Lipinski definition) is 1. The molecule has 0 saturated carbocycles. The standard InChI is InChI=1S/C20H14F2N2O2S/c1-10-8-11(6-7-15(10)26-2)12-9-27-20-16(12)19(25)23-18(24-20)17-13(21)4-3-5-14(17)22/h3-9H,1-2H3,(H,23,24,25). The highest BCUT2D eigenvalue weighted by Crippen LogP contribution is 2.34. The molecule has 0 saturated heterocycles. The summed E-state index contributed by atoms with van der Waals surface area (Å²) in [6.45, 7) is 1.92. The lowest BCUT2D eigenvalue weighted by Crippen LogP contribution is -2.10. The molecule has 7 heteroatoms. The number of aromatic nitrogens is 2. The van der Waals surface area contributed by atoms with Gasteiger partial charge in [-0.1, -0.05) is 12.1 Å². The van der Waals surface area contributed by atoms with Gasteiger partial charge in [0, 0.05) is 10.9 Å². The first-order chi connectivity index (χ1) is 13.0. The zero-order valence-electron chi connectivity index (χ0n) is 14.5. The molecule has 2 aromatic carbocycles. The minimum absolute atomic E-state index is 0.123. The molecule has 0 radical (unpaired) electrons. The number of fused-ring (bicyclic) bond motifs is 1. The van der Waals surface area contributed by atoms with Crippen LogP contribution in [0.25, 0.3) is 32.7 Å². The summed E-state index contributed by atoms with van der Waals surface area (Å²) >= 11 is 1.25. The third-order valence-corrected chi connectivity index (χ3v) is 5.22. The molecule has 0 bridgehead atoms. The zero-order chi connectivity index (χ0) is 19.1. The van der Waals surface area contributed by atoms with Gasteiger partial charge in [-0.25, -0.2) is 13.8 Å². The van der Waals surface area contributed by atoms with Gasteiger partial charge < -0.3 is 9.72 Å². The fourth-order valence-electron chi connectivity index (χ4n) is 3.05. The Morgan fingerprint density at radius 1 is 1.15 bits per heavy atom. The van der Waals surface area contributed by atoms with Crippen LogP contribution >= 0.6 is 11.3 Å². The summed E-state index contributed by atoms with van der Waals surface area (Å²) in [5.74, 6) is -0.926. The monoisotopic (exact) mass is 384 g/mol. The quantitative estimate of drug-likeness (QED) is 0.546. The van der Waals surface area contributed by atoms with Crippen molar-refractivity contribution < 1.29 is 13.5 Å². The van der Waals surface area contributed by atoms with Gasteiger partial charge >= 0.3 is 0 Å². The fourth-order valence-corrected chi connectivity index (χ4v) is 4.00. The van der Waals surface area contributed by atoms with Crippen LogP contribution in [0.3, 0.4) is 0 Å². The van der Waals surface area contributed by atoms with E-state index in [2.05, 4.69) is 9.97 Å². The number of hydrogen-bond acceptors (Lipinski definition) is 4. The van der Waals surface area contributed by atoms with Crippen molar-refractivity contribution in [3.8, 4) is 28.3 Å². The van der Waals surface area contributed by atoms with Gasteiger partial charge in [0.05, 0.1) is 18.1 Å². The molecule has 4 nitrogen and oxygen atoms in total. The highest BCUT2D eigenvalue weighted by Gasteiger charge is 2.18. The number of thiophene rings is 1. The lowest BCUT2D eigenvalue weighted by Gasteiger charge is -2.07. The molecule has 4 aromatic rings. The van der Waals surface area contributed by atoms with Gasteiger partial charge in [0.2, 0.25) is 0 Å². The van der Waals surface area contributed by atoms with Crippen LogP contribution in [0.5, 0.6) is 5.75 Å². The fraction of sp³-hybridized carbons (Fsp3) is 0.100. The molecule has 0 fully saturated rings. The number of rotatable bonds is 3. The lowest BCUT2D eigenvalue weighted by atomic mass is 10.0. The van der Waals surface area contributed by atoms with Crippen molar-refractivity contribution >= 4 is 21.6 Å². The molecule has 0 spiro atoms. The van der Waals surface area contributed by atoms with E-state index in [-0.39, 0.29) is 11.4 Å². The average Bonchev–Trinajstić information content (AvgIpc) is 3.06. The number of nitrogens with zero attached hydrogens (tertiary/aromatic N) is 1. The normalized spacial score (nSPS) is 11.1. The van der Waals surface area contributed by atoms with Gasteiger partial charge in [-0.05, 0) is 42.3 Å². The third kappa shape index (κ3) is 2.90. The van der Waals surface area contributed by atoms with Crippen LogP contribution in [-0.2, 0) is 0 Å². The Morgan fingerprint density at radius 3 is 2.56 bits per heavy atom. The van der Waals surface area contributed by atoms with E-state index in [1.54, 1.807) is 7.11 Å². The molecular weight excluding hydrogens is 370 g/mol. The summed E-state index contributed by atoms with van der Waals surface area (Å²) in [4.78, 5) is 19.9. The van der Waals surface area contributed by atoms with Crippen LogP contribution in [0.2, 0.25) is 0 Å². The Labute approximate surface area is 157 Å². The van der Waals surface area contributed by atoms with Crippen LogP contribution in [0.4, 0.5) is 8.78 Å².